The van der Waals surface area contributed by atoms with Gasteiger partial charge in [-0.2, -0.15) is 0 Å². The largest absolute Gasteiger partial charge is 0.377 e. The molecule has 0 aromatic rings. The lowest BCUT2D eigenvalue weighted by molar-refractivity contribution is -0.137. The number of rotatable bonds is 31. The van der Waals surface area contributed by atoms with Crippen LogP contribution in [0.2, 0.25) is 0 Å². The Morgan fingerprint density at radius 3 is 0.975 bits per heavy atom. The van der Waals surface area contributed by atoms with Crippen LogP contribution in [0.4, 0.5) is 0 Å². The number of nitrogens with zero attached hydrogens (tertiary/aromatic N) is 1. The topological polar surface area (TPSA) is 130 Å². The predicted octanol–water partition coefficient (Wildman–Crippen LogP) is 0.486. The maximum atomic E-state index is 11.4. The Balaban J connectivity index is 1.64. The van der Waals surface area contributed by atoms with E-state index in [1.54, 1.807) is 0 Å². The van der Waals surface area contributed by atoms with Gasteiger partial charge in [0.25, 0.3) is 11.8 Å². The van der Waals surface area contributed by atoms with E-state index in [4.69, 9.17) is 47.4 Å². The molecule has 0 aromatic heterocycles. The molecule has 2 amide bonds. The molecule has 0 aromatic carbocycles. The van der Waals surface area contributed by atoms with Crippen molar-refractivity contribution >= 4 is 11.8 Å². The van der Waals surface area contributed by atoms with Crippen molar-refractivity contribution in [3.63, 3.8) is 0 Å². The van der Waals surface area contributed by atoms with Crippen LogP contribution >= 0.6 is 0 Å². The summed E-state index contributed by atoms with van der Waals surface area (Å²) in [4.78, 5) is 23.9. The summed E-state index contributed by atoms with van der Waals surface area (Å²) in [5, 5.41) is 0. The van der Waals surface area contributed by atoms with Crippen molar-refractivity contribution in [2.75, 3.05) is 132 Å². The molecule has 234 valence electrons. The molecule has 0 fully saturated rings. The standard InChI is InChI=1S/C27H49NO12/c1-25(2)40-24-23-39-22-21-38-20-19-37-18-17-36-16-15-35-14-13-34-12-11-33-10-9-32-8-7-31-6-5-28-26(29)3-4-27(28)30/h3-4,25H,5-24H2,1-2H3. The predicted molar refractivity (Wildman–Crippen MR) is 144 cm³/mol. The first kappa shape index (κ1) is 36.5. The van der Waals surface area contributed by atoms with E-state index in [2.05, 4.69) is 0 Å². The Morgan fingerprint density at radius 1 is 0.450 bits per heavy atom. The van der Waals surface area contributed by atoms with Gasteiger partial charge in [-0.3, -0.25) is 14.5 Å². The number of hydrogen-bond donors (Lipinski definition) is 0. The summed E-state index contributed by atoms with van der Waals surface area (Å²) < 4.78 is 54.2. The number of carbonyl (C=O) groups is 2. The van der Waals surface area contributed by atoms with E-state index in [1.165, 1.54) is 12.2 Å². The second-order valence-electron chi connectivity index (χ2n) is 8.59. The molecule has 0 saturated heterocycles. The van der Waals surface area contributed by atoms with Crippen molar-refractivity contribution in [3.05, 3.63) is 12.2 Å². The number of amides is 2. The first-order chi connectivity index (χ1) is 19.6. The maximum Gasteiger partial charge on any atom is 0.253 e. The fourth-order valence-electron chi connectivity index (χ4n) is 3.01. The minimum atomic E-state index is -0.304. The van der Waals surface area contributed by atoms with Crippen molar-refractivity contribution in [1.29, 1.82) is 0 Å². The molecule has 0 spiro atoms. The summed E-state index contributed by atoms with van der Waals surface area (Å²) >= 11 is 0. The van der Waals surface area contributed by atoms with Crippen molar-refractivity contribution in [1.82, 2.24) is 4.90 Å². The molecular formula is C27H49NO12. The van der Waals surface area contributed by atoms with Gasteiger partial charge in [0.05, 0.1) is 138 Å². The van der Waals surface area contributed by atoms with Gasteiger partial charge >= 0.3 is 0 Å². The molecule has 1 rings (SSSR count). The van der Waals surface area contributed by atoms with Gasteiger partial charge in [0.15, 0.2) is 0 Å². The monoisotopic (exact) mass is 579 g/mol. The number of ether oxygens (including phenoxy) is 10. The van der Waals surface area contributed by atoms with Crippen LogP contribution < -0.4 is 0 Å². The highest BCUT2D eigenvalue weighted by Crippen LogP contribution is 2.02. The van der Waals surface area contributed by atoms with E-state index in [0.717, 1.165) is 4.90 Å². The summed E-state index contributed by atoms with van der Waals surface area (Å²) in [5.74, 6) is -0.609. The first-order valence-corrected chi connectivity index (χ1v) is 14.0. The SMILES string of the molecule is CC(C)OCCOCCOCCOCCOCCOCCOCCOCCOCCOCCN1C(=O)C=CC1=O. The highest BCUT2D eigenvalue weighted by Gasteiger charge is 2.22. The van der Waals surface area contributed by atoms with Crippen LogP contribution in [-0.2, 0) is 57.0 Å². The van der Waals surface area contributed by atoms with Crippen LogP contribution in [0.25, 0.3) is 0 Å². The van der Waals surface area contributed by atoms with Crippen LogP contribution in [-0.4, -0.2) is 155 Å². The van der Waals surface area contributed by atoms with Crippen molar-refractivity contribution in [2.24, 2.45) is 0 Å². The molecular weight excluding hydrogens is 530 g/mol. The fraction of sp³-hybridized carbons (Fsp3) is 0.852. The molecule has 0 saturated carbocycles. The van der Waals surface area contributed by atoms with Crippen LogP contribution in [0.3, 0.4) is 0 Å². The molecule has 0 atom stereocenters. The zero-order valence-corrected chi connectivity index (χ0v) is 24.2. The van der Waals surface area contributed by atoms with Crippen LogP contribution in [0.1, 0.15) is 13.8 Å². The summed E-state index contributed by atoms with van der Waals surface area (Å²) in [6.07, 6.45) is 2.74. The van der Waals surface area contributed by atoms with E-state index in [0.29, 0.717) is 119 Å². The van der Waals surface area contributed by atoms with E-state index in [-0.39, 0.29) is 31.1 Å². The Hall–Kier alpha value is -1.52. The molecule has 0 bridgehead atoms. The normalized spacial score (nSPS) is 13.4. The van der Waals surface area contributed by atoms with Crippen molar-refractivity contribution in [3.8, 4) is 0 Å². The lowest BCUT2D eigenvalue weighted by Gasteiger charge is -2.13. The van der Waals surface area contributed by atoms with E-state index in [9.17, 15) is 9.59 Å². The number of hydrogen-bond acceptors (Lipinski definition) is 12. The van der Waals surface area contributed by atoms with Gasteiger partial charge in [0.2, 0.25) is 0 Å². The highest BCUT2D eigenvalue weighted by atomic mass is 16.6. The van der Waals surface area contributed by atoms with Gasteiger partial charge in [0, 0.05) is 12.2 Å². The van der Waals surface area contributed by atoms with Crippen molar-refractivity contribution in [2.45, 2.75) is 20.0 Å². The third-order valence-corrected chi connectivity index (χ3v) is 5.01. The third kappa shape index (κ3) is 23.2. The van der Waals surface area contributed by atoms with Gasteiger partial charge < -0.3 is 47.4 Å². The average molecular weight is 580 g/mol. The zero-order valence-electron chi connectivity index (χ0n) is 24.2. The fourth-order valence-corrected chi connectivity index (χ4v) is 3.01. The summed E-state index contributed by atoms with van der Waals surface area (Å²) in [7, 11) is 0. The molecule has 1 aliphatic rings. The number of carbonyl (C=O) groups excluding carboxylic acids is 2. The van der Waals surface area contributed by atoms with Crippen LogP contribution in [0, 0.1) is 0 Å². The zero-order chi connectivity index (χ0) is 28.9. The van der Waals surface area contributed by atoms with Crippen LogP contribution in [0.15, 0.2) is 12.2 Å². The van der Waals surface area contributed by atoms with E-state index < -0.39 is 0 Å². The van der Waals surface area contributed by atoms with Crippen molar-refractivity contribution < 1.29 is 57.0 Å². The Bertz CT molecular complexity index is 617. The molecule has 13 nitrogen and oxygen atoms in total. The van der Waals surface area contributed by atoms with Gasteiger partial charge in [-0.25, -0.2) is 0 Å². The lowest BCUT2D eigenvalue weighted by Crippen LogP contribution is -2.33. The minimum Gasteiger partial charge on any atom is -0.377 e. The molecule has 0 N–H and O–H groups in total. The Morgan fingerprint density at radius 2 is 0.700 bits per heavy atom. The van der Waals surface area contributed by atoms with Gasteiger partial charge in [-0.05, 0) is 13.8 Å². The van der Waals surface area contributed by atoms with Crippen LogP contribution in [0.5, 0.6) is 0 Å². The second-order valence-corrected chi connectivity index (χ2v) is 8.59. The first-order valence-electron chi connectivity index (χ1n) is 14.0. The van der Waals surface area contributed by atoms with E-state index >= 15 is 0 Å². The number of imide groups is 1. The molecule has 1 aliphatic heterocycles. The quantitative estimate of drug-likeness (QED) is 0.0837. The molecule has 0 aliphatic carbocycles. The minimum absolute atomic E-state index is 0.227. The summed E-state index contributed by atoms with van der Waals surface area (Å²) in [5.41, 5.74) is 0. The third-order valence-electron chi connectivity index (χ3n) is 5.01. The molecule has 0 unspecified atom stereocenters. The van der Waals surface area contributed by atoms with Gasteiger partial charge in [-0.15, -0.1) is 0 Å². The second kappa shape index (κ2) is 27.6. The summed E-state index contributed by atoms with van der Waals surface area (Å²) in [6, 6.07) is 0. The van der Waals surface area contributed by atoms with E-state index in [1.807, 2.05) is 13.8 Å². The molecule has 13 heteroatoms. The summed E-state index contributed by atoms with van der Waals surface area (Å²) in [6.45, 7) is 13.5. The smallest absolute Gasteiger partial charge is 0.253 e. The highest BCUT2D eigenvalue weighted by molar-refractivity contribution is 6.12. The Labute approximate surface area is 238 Å². The molecule has 1 heterocycles. The maximum absolute atomic E-state index is 11.4. The Kier molecular flexibility index (Phi) is 25.2. The van der Waals surface area contributed by atoms with Gasteiger partial charge in [0.1, 0.15) is 0 Å². The molecule has 40 heavy (non-hydrogen) atoms. The van der Waals surface area contributed by atoms with Gasteiger partial charge in [-0.1, -0.05) is 0 Å². The lowest BCUT2D eigenvalue weighted by atomic mass is 10.5. The molecule has 0 radical (unpaired) electrons. The average Bonchev–Trinajstić information content (AvgIpc) is 3.26.